The minimum Gasteiger partial charge on any atom is -0.468 e. The third-order valence-electron chi connectivity index (χ3n) is 2.45. The summed E-state index contributed by atoms with van der Waals surface area (Å²) in [5.41, 5.74) is 0. The Bertz CT molecular complexity index is 205. The van der Waals surface area contributed by atoms with Crippen molar-refractivity contribution in [3.8, 4) is 0 Å². The minimum absolute atomic E-state index is 0.224. The summed E-state index contributed by atoms with van der Waals surface area (Å²) in [5, 5.41) is 0. The van der Waals surface area contributed by atoms with Gasteiger partial charge in [-0.05, 0) is 6.92 Å². The number of esters is 1. The Hall–Kier alpha value is -0.900. The maximum atomic E-state index is 11.1. The number of hydrogen-bond acceptors (Lipinski definition) is 4. The number of carbonyl (C=O) groups is 2. The highest BCUT2D eigenvalue weighted by Gasteiger charge is 2.25. The van der Waals surface area contributed by atoms with E-state index in [1.165, 1.54) is 7.11 Å². The predicted octanol–water partition coefficient (Wildman–Crippen LogP) is 0.213. The van der Waals surface area contributed by atoms with Crippen LogP contribution in [0.5, 0.6) is 0 Å². The lowest BCUT2D eigenvalue weighted by Crippen LogP contribution is -2.44. The smallest absolute Gasteiger partial charge is 0.322 e. The van der Waals surface area contributed by atoms with Crippen molar-refractivity contribution in [3.05, 3.63) is 0 Å². The van der Waals surface area contributed by atoms with Crippen LogP contribution in [-0.4, -0.2) is 42.9 Å². The van der Waals surface area contributed by atoms with E-state index in [1.54, 1.807) is 0 Å². The average Bonchev–Trinajstić information content (AvgIpc) is 2.17. The second-order valence-corrected chi connectivity index (χ2v) is 3.27. The van der Waals surface area contributed by atoms with E-state index >= 15 is 0 Å². The second-order valence-electron chi connectivity index (χ2n) is 3.27. The maximum absolute atomic E-state index is 11.1. The van der Waals surface area contributed by atoms with Crippen molar-refractivity contribution < 1.29 is 14.3 Å². The van der Waals surface area contributed by atoms with Gasteiger partial charge < -0.3 is 4.74 Å². The van der Waals surface area contributed by atoms with Crippen molar-refractivity contribution in [1.29, 1.82) is 0 Å². The molecule has 0 spiro atoms. The first-order valence-electron chi connectivity index (χ1n) is 4.48. The molecule has 74 valence electrons. The SMILES string of the molecule is COC(=O)[C@@H](C)N1CCC(=O)CC1. The molecule has 13 heavy (non-hydrogen) atoms. The zero-order valence-corrected chi connectivity index (χ0v) is 8.08. The van der Waals surface area contributed by atoms with E-state index < -0.39 is 0 Å². The molecule has 4 heteroatoms. The number of rotatable bonds is 2. The van der Waals surface area contributed by atoms with E-state index in [1.807, 2.05) is 11.8 Å². The summed E-state index contributed by atoms with van der Waals surface area (Å²) in [6, 6.07) is -0.224. The summed E-state index contributed by atoms with van der Waals surface area (Å²) in [6.07, 6.45) is 1.11. The Morgan fingerprint density at radius 2 is 2.00 bits per heavy atom. The highest BCUT2D eigenvalue weighted by Crippen LogP contribution is 2.10. The molecule has 1 saturated heterocycles. The number of piperidine rings is 1. The van der Waals surface area contributed by atoms with Gasteiger partial charge in [-0.15, -0.1) is 0 Å². The molecule has 1 aliphatic heterocycles. The molecule has 1 aliphatic rings. The molecule has 0 aliphatic carbocycles. The van der Waals surface area contributed by atoms with Gasteiger partial charge in [0.1, 0.15) is 11.8 Å². The number of ether oxygens (including phenoxy) is 1. The van der Waals surface area contributed by atoms with Crippen molar-refractivity contribution in [2.24, 2.45) is 0 Å². The molecule has 0 aromatic rings. The molecule has 0 amide bonds. The second kappa shape index (κ2) is 4.37. The highest BCUT2D eigenvalue weighted by atomic mass is 16.5. The van der Waals surface area contributed by atoms with Gasteiger partial charge in [-0.1, -0.05) is 0 Å². The Morgan fingerprint density at radius 3 is 2.46 bits per heavy atom. The summed E-state index contributed by atoms with van der Waals surface area (Å²) >= 11 is 0. The molecule has 0 aromatic carbocycles. The van der Waals surface area contributed by atoms with Gasteiger partial charge in [0.25, 0.3) is 0 Å². The van der Waals surface area contributed by atoms with Gasteiger partial charge >= 0.3 is 5.97 Å². The fraction of sp³-hybridized carbons (Fsp3) is 0.778. The number of ketones is 1. The Morgan fingerprint density at radius 1 is 1.46 bits per heavy atom. The predicted molar refractivity (Wildman–Crippen MR) is 47.3 cm³/mol. The summed E-state index contributed by atoms with van der Waals surface area (Å²) in [7, 11) is 1.38. The van der Waals surface area contributed by atoms with Gasteiger partial charge in [0, 0.05) is 25.9 Å². The van der Waals surface area contributed by atoms with Crippen molar-refractivity contribution >= 4 is 11.8 Å². The highest BCUT2D eigenvalue weighted by molar-refractivity contribution is 5.80. The van der Waals surface area contributed by atoms with Crippen LogP contribution < -0.4 is 0 Å². The van der Waals surface area contributed by atoms with Crippen LogP contribution in [0.25, 0.3) is 0 Å². The minimum atomic E-state index is -0.227. The summed E-state index contributed by atoms with van der Waals surface area (Å²) in [4.78, 5) is 24.1. The molecule has 1 heterocycles. The van der Waals surface area contributed by atoms with Crippen LogP contribution >= 0.6 is 0 Å². The van der Waals surface area contributed by atoms with Gasteiger partial charge in [0.05, 0.1) is 7.11 Å². The molecule has 0 radical (unpaired) electrons. The Labute approximate surface area is 77.8 Å². The number of methoxy groups -OCH3 is 1. The van der Waals surface area contributed by atoms with E-state index in [9.17, 15) is 9.59 Å². The van der Waals surface area contributed by atoms with Gasteiger partial charge in [-0.25, -0.2) is 0 Å². The average molecular weight is 185 g/mol. The van der Waals surface area contributed by atoms with Crippen LogP contribution in [0.1, 0.15) is 19.8 Å². The largest absolute Gasteiger partial charge is 0.468 e. The molecule has 0 bridgehead atoms. The zero-order valence-electron chi connectivity index (χ0n) is 8.08. The summed E-state index contributed by atoms with van der Waals surface area (Å²) in [6.45, 7) is 3.16. The number of nitrogens with zero attached hydrogens (tertiary/aromatic N) is 1. The lowest BCUT2D eigenvalue weighted by atomic mass is 10.1. The zero-order chi connectivity index (χ0) is 9.84. The maximum Gasteiger partial charge on any atom is 0.322 e. The Balaban J connectivity index is 2.44. The van der Waals surface area contributed by atoms with Crippen molar-refractivity contribution in [2.75, 3.05) is 20.2 Å². The molecular weight excluding hydrogens is 170 g/mol. The molecule has 0 unspecified atom stereocenters. The molecule has 0 N–H and O–H groups in total. The molecule has 1 atom stereocenters. The van der Waals surface area contributed by atoms with Gasteiger partial charge in [0.2, 0.25) is 0 Å². The molecule has 4 nitrogen and oxygen atoms in total. The first-order chi connectivity index (χ1) is 6.15. The lowest BCUT2D eigenvalue weighted by molar-refractivity contribution is -0.147. The van der Waals surface area contributed by atoms with E-state index in [2.05, 4.69) is 4.74 Å². The molecular formula is C9H15NO3. The fourth-order valence-corrected chi connectivity index (χ4v) is 1.48. The molecule has 0 saturated carbocycles. The summed E-state index contributed by atoms with van der Waals surface area (Å²) in [5.74, 6) is 0.0580. The number of hydrogen-bond donors (Lipinski definition) is 0. The van der Waals surface area contributed by atoms with E-state index in [0.717, 1.165) is 0 Å². The van der Waals surface area contributed by atoms with Crippen LogP contribution in [0.3, 0.4) is 0 Å². The third kappa shape index (κ3) is 2.52. The van der Waals surface area contributed by atoms with Crippen LogP contribution in [-0.2, 0) is 14.3 Å². The third-order valence-corrected chi connectivity index (χ3v) is 2.45. The first-order valence-corrected chi connectivity index (χ1v) is 4.48. The standard InChI is InChI=1S/C9H15NO3/c1-7(9(12)13-2)10-5-3-8(11)4-6-10/h7H,3-6H2,1-2H3/t7-/m1/s1. The van der Waals surface area contributed by atoms with Gasteiger partial charge in [-0.3, -0.25) is 14.5 Å². The van der Waals surface area contributed by atoms with Crippen LogP contribution in [0.4, 0.5) is 0 Å². The normalized spacial score (nSPS) is 21.2. The Kier molecular flexibility index (Phi) is 3.42. The van der Waals surface area contributed by atoms with E-state index in [-0.39, 0.29) is 17.8 Å². The van der Waals surface area contributed by atoms with E-state index in [4.69, 9.17) is 0 Å². The monoisotopic (exact) mass is 185 g/mol. The number of likely N-dealkylation sites (tertiary alicyclic amines) is 1. The quantitative estimate of drug-likeness (QED) is 0.577. The van der Waals surface area contributed by atoms with Crippen molar-refractivity contribution in [1.82, 2.24) is 4.90 Å². The van der Waals surface area contributed by atoms with Crippen molar-refractivity contribution in [3.63, 3.8) is 0 Å². The van der Waals surface area contributed by atoms with E-state index in [0.29, 0.717) is 25.9 Å². The number of carbonyl (C=O) groups excluding carboxylic acids is 2. The van der Waals surface area contributed by atoms with Crippen LogP contribution in [0.15, 0.2) is 0 Å². The molecule has 1 rings (SSSR count). The van der Waals surface area contributed by atoms with Crippen LogP contribution in [0.2, 0.25) is 0 Å². The number of Topliss-reactive ketones (excluding diaryl/α,β-unsaturated/α-hetero) is 1. The molecule has 1 fully saturated rings. The fourth-order valence-electron chi connectivity index (χ4n) is 1.48. The van der Waals surface area contributed by atoms with Crippen molar-refractivity contribution in [2.45, 2.75) is 25.8 Å². The first kappa shape index (κ1) is 10.2. The van der Waals surface area contributed by atoms with Crippen LogP contribution in [0, 0.1) is 0 Å². The lowest BCUT2D eigenvalue weighted by Gasteiger charge is -2.29. The van der Waals surface area contributed by atoms with Gasteiger partial charge in [0.15, 0.2) is 0 Å². The van der Waals surface area contributed by atoms with Gasteiger partial charge in [-0.2, -0.15) is 0 Å². The topological polar surface area (TPSA) is 46.6 Å². The molecule has 0 aromatic heterocycles. The summed E-state index contributed by atoms with van der Waals surface area (Å²) < 4.78 is 4.63.